The molecule has 8 heteroatoms. The number of aromatic nitrogens is 2. The summed E-state index contributed by atoms with van der Waals surface area (Å²) in [5.41, 5.74) is -0.0195. The van der Waals surface area contributed by atoms with Gasteiger partial charge in [-0.05, 0) is 18.2 Å². The smallest absolute Gasteiger partial charge is 0.218 e. The van der Waals surface area contributed by atoms with Crippen molar-refractivity contribution in [1.82, 2.24) is 14.5 Å². The molecule has 0 amide bonds. The van der Waals surface area contributed by atoms with Crippen LogP contribution in [0.25, 0.3) is 5.69 Å². The van der Waals surface area contributed by atoms with E-state index in [4.69, 9.17) is 11.6 Å². The van der Waals surface area contributed by atoms with Crippen LogP contribution in [0.5, 0.6) is 0 Å². The van der Waals surface area contributed by atoms with Crippen LogP contribution in [0.15, 0.2) is 35.5 Å². The molecule has 0 bridgehead atoms. The van der Waals surface area contributed by atoms with Crippen LogP contribution in [0.2, 0.25) is 5.02 Å². The van der Waals surface area contributed by atoms with Gasteiger partial charge in [0.05, 0.1) is 11.2 Å². The zero-order chi connectivity index (χ0) is 14.0. The van der Waals surface area contributed by atoms with Crippen LogP contribution in [-0.4, -0.2) is 24.7 Å². The van der Waals surface area contributed by atoms with E-state index in [-0.39, 0.29) is 22.3 Å². The highest BCUT2D eigenvalue weighted by atomic mass is 35.5. The maximum atomic E-state index is 13.9. The Balaban J connectivity index is 2.60. The van der Waals surface area contributed by atoms with Gasteiger partial charge in [-0.3, -0.25) is 0 Å². The third-order valence-electron chi connectivity index (χ3n) is 2.38. The van der Waals surface area contributed by atoms with Crippen molar-refractivity contribution < 1.29 is 12.8 Å². The molecule has 1 heterocycles. The number of hydrogen-bond donors (Lipinski definition) is 1. The van der Waals surface area contributed by atoms with Gasteiger partial charge in [-0.2, -0.15) is 5.10 Å². The Morgan fingerprint density at radius 2 is 2.16 bits per heavy atom. The van der Waals surface area contributed by atoms with Gasteiger partial charge < -0.3 is 0 Å². The Kier molecular flexibility index (Phi) is 3.88. The van der Waals surface area contributed by atoms with Crippen LogP contribution in [0.3, 0.4) is 0 Å². The second kappa shape index (κ2) is 5.28. The van der Waals surface area contributed by atoms with Crippen molar-refractivity contribution in [3.8, 4) is 5.69 Å². The summed E-state index contributed by atoms with van der Waals surface area (Å²) >= 11 is 5.68. The molecule has 0 radical (unpaired) electrons. The summed E-state index contributed by atoms with van der Waals surface area (Å²) in [5, 5.41) is 3.60. The second-order valence-electron chi connectivity index (χ2n) is 3.66. The van der Waals surface area contributed by atoms with Crippen LogP contribution in [0.4, 0.5) is 4.39 Å². The molecular weight excluding hydrogens is 293 g/mol. The van der Waals surface area contributed by atoms with E-state index in [0.29, 0.717) is 0 Å². The van der Waals surface area contributed by atoms with E-state index in [9.17, 15) is 12.8 Å². The first kappa shape index (κ1) is 14.0. The quantitative estimate of drug-likeness (QED) is 0.939. The fourth-order valence-electron chi connectivity index (χ4n) is 1.60. The first-order valence-corrected chi connectivity index (χ1v) is 7.31. The van der Waals surface area contributed by atoms with Gasteiger partial charge in [0.25, 0.3) is 10.0 Å². The highest BCUT2D eigenvalue weighted by Gasteiger charge is 2.21. The van der Waals surface area contributed by atoms with E-state index >= 15 is 0 Å². The molecule has 0 saturated heterocycles. The van der Waals surface area contributed by atoms with Gasteiger partial charge in [-0.25, -0.2) is 22.2 Å². The van der Waals surface area contributed by atoms with Gasteiger partial charge in [0, 0.05) is 6.54 Å². The molecule has 0 unspecified atom stereocenters. The zero-order valence-corrected chi connectivity index (χ0v) is 11.5. The number of rotatable bonds is 4. The van der Waals surface area contributed by atoms with Crippen LogP contribution >= 0.6 is 11.6 Å². The van der Waals surface area contributed by atoms with Crippen molar-refractivity contribution in [3.05, 3.63) is 41.3 Å². The van der Waals surface area contributed by atoms with E-state index in [1.165, 1.54) is 30.5 Å². The Bertz CT molecular complexity index is 700. The first-order valence-electron chi connectivity index (χ1n) is 5.45. The Hall–Kier alpha value is -1.44. The molecular formula is C11H11ClFN3O2S. The number of benzene rings is 1. The molecule has 2 rings (SSSR count). The summed E-state index contributed by atoms with van der Waals surface area (Å²) in [5.74, 6) is -0.721. The molecule has 1 aromatic carbocycles. The minimum absolute atomic E-state index is 0.0195. The monoisotopic (exact) mass is 303 g/mol. The number of nitrogens with zero attached hydrogens (tertiary/aromatic N) is 2. The largest absolute Gasteiger partial charge is 0.258 e. The van der Waals surface area contributed by atoms with Gasteiger partial charge in [0.15, 0.2) is 10.8 Å². The third-order valence-corrected chi connectivity index (χ3v) is 4.20. The van der Waals surface area contributed by atoms with Crippen LogP contribution in [-0.2, 0) is 10.0 Å². The van der Waals surface area contributed by atoms with E-state index in [2.05, 4.69) is 9.82 Å². The van der Waals surface area contributed by atoms with E-state index in [1.54, 1.807) is 6.92 Å². The fraction of sp³-hybridized carbons (Fsp3) is 0.182. The van der Waals surface area contributed by atoms with Crippen molar-refractivity contribution in [2.24, 2.45) is 0 Å². The first-order chi connectivity index (χ1) is 8.97. The van der Waals surface area contributed by atoms with Crippen molar-refractivity contribution in [1.29, 1.82) is 0 Å². The van der Waals surface area contributed by atoms with Crippen LogP contribution in [0, 0.1) is 5.82 Å². The lowest BCUT2D eigenvalue weighted by molar-refractivity contribution is 0.567. The molecule has 0 spiro atoms. The van der Waals surface area contributed by atoms with Crippen molar-refractivity contribution in [2.75, 3.05) is 6.54 Å². The summed E-state index contributed by atoms with van der Waals surface area (Å²) < 4.78 is 41.1. The lowest BCUT2D eigenvalue weighted by Crippen LogP contribution is -2.25. The van der Waals surface area contributed by atoms with E-state index in [0.717, 1.165) is 4.68 Å². The molecule has 102 valence electrons. The predicted molar refractivity (Wildman–Crippen MR) is 69.4 cm³/mol. The lowest BCUT2D eigenvalue weighted by atomic mass is 10.3. The molecule has 5 nitrogen and oxygen atoms in total. The Morgan fingerprint density at radius 3 is 2.84 bits per heavy atom. The number of nitrogens with one attached hydrogen (secondary N) is 1. The summed E-state index contributed by atoms with van der Waals surface area (Å²) in [6.45, 7) is 1.88. The molecule has 1 N–H and O–H groups in total. The number of halogens is 2. The molecule has 0 aliphatic rings. The molecule has 0 saturated carbocycles. The maximum absolute atomic E-state index is 13.9. The summed E-state index contributed by atoms with van der Waals surface area (Å²) in [6.07, 6.45) is 1.28. The van der Waals surface area contributed by atoms with E-state index < -0.39 is 15.8 Å². The van der Waals surface area contributed by atoms with Crippen molar-refractivity contribution in [2.45, 2.75) is 11.9 Å². The summed E-state index contributed by atoms with van der Waals surface area (Å²) in [6, 6.07) is 5.59. The van der Waals surface area contributed by atoms with Crippen LogP contribution < -0.4 is 4.72 Å². The zero-order valence-electron chi connectivity index (χ0n) is 9.97. The third kappa shape index (κ3) is 2.63. The average Bonchev–Trinajstić information content (AvgIpc) is 2.82. The van der Waals surface area contributed by atoms with E-state index in [1.807, 2.05) is 0 Å². The van der Waals surface area contributed by atoms with Gasteiger partial charge in [0.1, 0.15) is 5.69 Å². The number of sulfonamides is 1. The Labute approximate surface area is 115 Å². The van der Waals surface area contributed by atoms with Gasteiger partial charge in [0.2, 0.25) is 0 Å². The second-order valence-corrected chi connectivity index (χ2v) is 5.78. The summed E-state index contributed by atoms with van der Waals surface area (Å²) in [4.78, 5) is 0. The maximum Gasteiger partial charge on any atom is 0.258 e. The number of hydrogen-bond acceptors (Lipinski definition) is 3. The molecule has 0 atom stereocenters. The average molecular weight is 304 g/mol. The van der Waals surface area contributed by atoms with Crippen molar-refractivity contribution >= 4 is 21.6 Å². The molecule has 0 aliphatic carbocycles. The fourth-order valence-corrected chi connectivity index (χ4v) is 2.91. The summed E-state index contributed by atoms with van der Waals surface area (Å²) in [7, 11) is -3.73. The highest BCUT2D eigenvalue weighted by molar-refractivity contribution is 7.89. The normalized spacial score (nSPS) is 11.7. The Morgan fingerprint density at radius 1 is 1.42 bits per heavy atom. The predicted octanol–water partition coefficient (Wildman–Crippen LogP) is 1.96. The lowest BCUT2D eigenvalue weighted by Gasteiger charge is -2.09. The molecule has 2 aromatic rings. The van der Waals surface area contributed by atoms with Gasteiger partial charge in [-0.15, -0.1) is 0 Å². The standard InChI is InChI=1S/C11H11ClFN3O2S/c1-2-15-19(17,18)10-6-7-14-16(10)9-5-3-4-8(12)11(9)13/h3-7,15H,2H2,1H3. The molecule has 1 aromatic heterocycles. The SMILES string of the molecule is CCNS(=O)(=O)c1ccnn1-c1cccc(Cl)c1F. The highest BCUT2D eigenvalue weighted by Crippen LogP contribution is 2.23. The van der Waals surface area contributed by atoms with Gasteiger partial charge >= 0.3 is 0 Å². The minimum atomic E-state index is -3.73. The van der Waals surface area contributed by atoms with Gasteiger partial charge in [-0.1, -0.05) is 24.6 Å². The van der Waals surface area contributed by atoms with Crippen molar-refractivity contribution in [3.63, 3.8) is 0 Å². The molecule has 0 aliphatic heterocycles. The van der Waals surface area contributed by atoms with Crippen LogP contribution in [0.1, 0.15) is 6.92 Å². The molecule has 0 fully saturated rings. The topological polar surface area (TPSA) is 64.0 Å². The minimum Gasteiger partial charge on any atom is -0.218 e. The molecule has 19 heavy (non-hydrogen) atoms.